The summed E-state index contributed by atoms with van der Waals surface area (Å²) >= 11 is 0. The number of hydrogen-bond donors (Lipinski definition) is 1. The summed E-state index contributed by atoms with van der Waals surface area (Å²) in [6.45, 7) is 8.36. The highest BCUT2D eigenvalue weighted by Crippen LogP contribution is 2.28. The van der Waals surface area contributed by atoms with E-state index in [2.05, 4.69) is 12.3 Å². The lowest BCUT2D eigenvalue weighted by atomic mass is 10.1. The number of quaternary nitrogens is 1. The molecule has 1 saturated heterocycles. The van der Waals surface area contributed by atoms with Crippen molar-refractivity contribution in [1.29, 1.82) is 0 Å². The molecule has 1 atom stereocenters. The van der Waals surface area contributed by atoms with Gasteiger partial charge in [0.25, 0.3) is 5.91 Å². The molecular formula is C10H19N2O2+. The van der Waals surface area contributed by atoms with E-state index in [4.69, 9.17) is 4.74 Å². The van der Waals surface area contributed by atoms with Gasteiger partial charge in [-0.1, -0.05) is 6.08 Å². The zero-order valence-electron chi connectivity index (χ0n) is 8.95. The SMILES string of the molecule is C=CCC1COC(C)(C)N1C(=O)C[NH3+]. The average molecular weight is 199 g/mol. The minimum absolute atomic E-state index is 0.0411. The van der Waals surface area contributed by atoms with Crippen LogP contribution in [0, 0.1) is 0 Å². The average Bonchev–Trinajstić information content (AvgIpc) is 2.41. The molecule has 1 heterocycles. The largest absolute Gasteiger partial charge is 0.354 e. The standard InChI is InChI=1S/C10H18N2O2/c1-4-5-8-7-14-10(2,3)12(8)9(13)6-11/h4,8H,1,5-7,11H2,2-3H3/p+1. The van der Waals surface area contributed by atoms with Gasteiger partial charge in [-0.25, -0.2) is 0 Å². The second kappa shape index (κ2) is 4.11. The molecule has 0 radical (unpaired) electrons. The molecule has 1 unspecified atom stereocenters. The first-order chi connectivity index (χ1) is 6.53. The molecule has 3 N–H and O–H groups in total. The second-order valence-electron chi connectivity index (χ2n) is 3.95. The molecule has 1 amide bonds. The Labute approximate surface area is 84.7 Å². The number of carbonyl (C=O) groups excluding carboxylic acids is 1. The van der Waals surface area contributed by atoms with E-state index in [1.54, 1.807) is 4.90 Å². The Morgan fingerprint density at radius 2 is 2.43 bits per heavy atom. The lowest BCUT2D eigenvalue weighted by Gasteiger charge is -2.32. The van der Waals surface area contributed by atoms with Gasteiger partial charge in [0.05, 0.1) is 12.6 Å². The van der Waals surface area contributed by atoms with E-state index in [0.29, 0.717) is 6.61 Å². The number of rotatable bonds is 3. The van der Waals surface area contributed by atoms with Crippen molar-refractivity contribution < 1.29 is 15.3 Å². The van der Waals surface area contributed by atoms with Gasteiger partial charge in [0, 0.05) is 0 Å². The third-order valence-electron chi connectivity index (χ3n) is 2.50. The van der Waals surface area contributed by atoms with Crippen LogP contribution in [0.5, 0.6) is 0 Å². The van der Waals surface area contributed by atoms with E-state index in [-0.39, 0.29) is 18.5 Å². The summed E-state index contributed by atoms with van der Waals surface area (Å²) in [5.41, 5.74) is 3.12. The van der Waals surface area contributed by atoms with Crippen molar-refractivity contribution in [2.45, 2.75) is 32.0 Å². The van der Waals surface area contributed by atoms with Crippen molar-refractivity contribution >= 4 is 5.91 Å². The maximum atomic E-state index is 11.7. The molecule has 4 nitrogen and oxygen atoms in total. The highest BCUT2D eigenvalue weighted by Gasteiger charge is 2.42. The summed E-state index contributed by atoms with van der Waals surface area (Å²) in [7, 11) is 0. The monoisotopic (exact) mass is 199 g/mol. The molecule has 1 fully saturated rings. The highest BCUT2D eigenvalue weighted by atomic mass is 16.5. The van der Waals surface area contributed by atoms with Gasteiger partial charge in [-0.05, 0) is 20.3 Å². The lowest BCUT2D eigenvalue weighted by Crippen LogP contribution is -2.61. The van der Waals surface area contributed by atoms with E-state index < -0.39 is 5.72 Å². The van der Waals surface area contributed by atoms with Crippen LogP contribution in [0.2, 0.25) is 0 Å². The van der Waals surface area contributed by atoms with Crippen LogP contribution >= 0.6 is 0 Å². The zero-order valence-corrected chi connectivity index (χ0v) is 8.95. The molecule has 14 heavy (non-hydrogen) atoms. The van der Waals surface area contributed by atoms with E-state index in [1.165, 1.54) is 0 Å². The van der Waals surface area contributed by atoms with E-state index in [9.17, 15) is 4.79 Å². The van der Waals surface area contributed by atoms with Crippen LogP contribution < -0.4 is 5.73 Å². The van der Waals surface area contributed by atoms with Gasteiger partial charge < -0.3 is 15.4 Å². The first-order valence-electron chi connectivity index (χ1n) is 4.89. The summed E-state index contributed by atoms with van der Waals surface area (Å²) in [4.78, 5) is 13.4. The first kappa shape index (κ1) is 11.2. The smallest absolute Gasteiger partial charge is 0.280 e. The number of hydrogen-bond acceptors (Lipinski definition) is 2. The normalized spacial score (nSPS) is 25.1. The predicted octanol–water partition coefficient (Wildman–Crippen LogP) is -0.232. The van der Waals surface area contributed by atoms with Gasteiger partial charge in [0.1, 0.15) is 5.72 Å². The third kappa shape index (κ3) is 1.96. The summed E-state index contributed by atoms with van der Waals surface area (Å²) in [6, 6.07) is 0.122. The number of ether oxygens (including phenoxy) is 1. The summed E-state index contributed by atoms with van der Waals surface area (Å²) in [6.07, 6.45) is 2.59. The van der Waals surface area contributed by atoms with Gasteiger partial charge in [0.2, 0.25) is 0 Å². The van der Waals surface area contributed by atoms with Gasteiger partial charge in [-0.3, -0.25) is 4.79 Å². The van der Waals surface area contributed by atoms with E-state index in [0.717, 1.165) is 6.42 Å². The fourth-order valence-electron chi connectivity index (χ4n) is 1.87. The minimum atomic E-state index is -0.498. The van der Waals surface area contributed by atoms with Crippen LogP contribution in [0.15, 0.2) is 12.7 Å². The highest BCUT2D eigenvalue weighted by molar-refractivity contribution is 5.78. The van der Waals surface area contributed by atoms with Crippen LogP contribution in [-0.2, 0) is 9.53 Å². The Morgan fingerprint density at radius 3 is 2.93 bits per heavy atom. The minimum Gasteiger partial charge on any atom is -0.354 e. The Bertz CT molecular complexity index is 238. The van der Waals surface area contributed by atoms with Gasteiger partial charge >= 0.3 is 0 Å². The van der Waals surface area contributed by atoms with Crippen LogP contribution in [-0.4, -0.2) is 35.7 Å². The van der Waals surface area contributed by atoms with E-state index >= 15 is 0 Å². The Kier molecular flexibility index (Phi) is 3.29. The molecule has 0 aliphatic carbocycles. The topological polar surface area (TPSA) is 57.2 Å². The first-order valence-corrected chi connectivity index (χ1v) is 4.89. The van der Waals surface area contributed by atoms with Crippen molar-refractivity contribution in [2.75, 3.05) is 13.2 Å². The number of carbonyl (C=O) groups is 1. The molecule has 0 aromatic carbocycles. The fraction of sp³-hybridized carbons (Fsp3) is 0.700. The molecule has 0 aromatic heterocycles. The third-order valence-corrected chi connectivity index (χ3v) is 2.50. The van der Waals surface area contributed by atoms with Gasteiger partial charge in [-0.2, -0.15) is 0 Å². The van der Waals surface area contributed by atoms with Crippen LogP contribution in [0.4, 0.5) is 0 Å². The molecule has 1 aliphatic rings. The van der Waals surface area contributed by atoms with E-state index in [1.807, 2.05) is 19.9 Å². The van der Waals surface area contributed by atoms with Crippen molar-refractivity contribution in [2.24, 2.45) is 0 Å². The molecule has 0 bridgehead atoms. The summed E-state index contributed by atoms with van der Waals surface area (Å²) in [5, 5.41) is 0. The summed E-state index contributed by atoms with van der Waals surface area (Å²) < 4.78 is 5.57. The number of nitrogens with zero attached hydrogens (tertiary/aromatic N) is 1. The maximum Gasteiger partial charge on any atom is 0.280 e. The van der Waals surface area contributed by atoms with Gasteiger partial charge in [0.15, 0.2) is 6.54 Å². The molecule has 80 valence electrons. The maximum absolute atomic E-state index is 11.7. The Morgan fingerprint density at radius 1 is 1.79 bits per heavy atom. The molecule has 0 aromatic rings. The van der Waals surface area contributed by atoms with Crippen molar-refractivity contribution in [3.8, 4) is 0 Å². The number of amides is 1. The van der Waals surface area contributed by atoms with Crippen LogP contribution in [0.3, 0.4) is 0 Å². The van der Waals surface area contributed by atoms with Crippen molar-refractivity contribution in [1.82, 2.24) is 4.90 Å². The molecule has 0 spiro atoms. The zero-order chi connectivity index (χ0) is 10.8. The molecule has 4 heteroatoms. The molecule has 1 aliphatic heterocycles. The molecular weight excluding hydrogens is 180 g/mol. The Hall–Kier alpha value is -0.870. The lowest BCUT2D eigenvalue weighted by molar-refractivity contribution is -0.358. The molecule has 0 saturated carbocycles. The quantitative estimate of drug-likeness (QED) is 0.638. The molecule has 1 rings (SSSR count). The summed E-state index contributed by atoms with van der Waals surface area (Å²) in [5.74, 6) is 0.0411. The van der Waals surface area contributed by atoms with Crippen molar-refractivity contribution in [3.05, 3.63) is 12.7 Å². The van der Waals surface area contributed by atoms with Crippen LogP contribution in [0.1, 0.15) is 20.3 Å². The Balaban J connectivity index is 2.80. The van der Waals surface area contributed by atoms with Crippen LogP contribution in [0.25, 0.3) is 0 Å². The van der Waals surface area contributed by atoms with Crippen molar-refractivity contribution in [3.63, 3.8) is 0 Å². The fourth-order valence-corrected chi connectivity index (χ4v) is 1.87. The predicted molar refractivity (Wildman–Crippen MR) is 53.2 cm³/mol. The van der Waals surface area contributed by atoms with Gasteiger partial charge in [-0.15, -0.1) is 6.58 Å². The second-order valence-corrected chi connectivity index (χ2v) is 3.95.